The molecular formula is C11H18N4O. The van der Waals surface area contributed by atoms with Gasteiger partial charge in [0.25, 0.3) is 0 Å². The van der Waals surface area contributed by atoms with Crippen LogP contribution in [0.5, 0.6) is 0 Å². The average molecular weight is 222 g/mol. The minimum absolute atomic E-state index is 0.112. The summed E-state index contributed by atoms with van der Waals surface area (Å²) < 4.78 is 0. The summed E-state index contributed by atoms with van der Waals surface area (Å²) in [6, 6.07) is 1.77. The van der Waals surface area contributed by atoms with Crippen LogP contribution < -0.4 is 10.6 Å². The second-order valence-electron chi connectivity index (χ2n) is 4.31. The van der Waals surface area contributed by atoms with Gasteiger partial charge in [-0.2, -0.15) is 5.10 Å². The molecule has 16 heavy (non-hydrogen) atoms. The lowest BCUT2D eigenvalue weighted by molar-refractivity contribution is -0.127. The molecule has 5 nitrogen and oxygen atoms in total. The molecular weight excluding hydrogens is 204 g/mol. The molecule has 2 rings (SSSR count). The van der Waals surface area contributed by atoms with Crippen LogP contribution in [-0.4, -0.2) is 29.2 Å². The number of amides is 1. The van der Waals surface area contributed by atoms with Gasteiger partial charge in [0.15, 0.2) is 0 Å². The van der Waals surface area contributed by atoms with E-state index < -0.39 is 0 Å². The number of aromatic amines is 1. The lowest BCUT2D eigenvalue weighted by Gasteiger charge is -2.35. The van der Waals surface area contributed by atoms with Gasteiger partial charge in [-0.15, -0.1) is 0 Å². The number of hydrogen-bond donors (Lipinski definition) is 3. The smallest absolute Gasteiger partial charge is 0.231 e. The van der Waals surface area contributed by atoms with Crippen LogP contribution in [0.25, 0.3) is 0 Å². The highest BCUT2D eigenvalue weighted by atomic mass is 16.2. The first-order valence-corrected chi connectivity index (χ1v) is 5.78. The summed E-state index contributed by atoms with van der Waals surface area (Å²) >= 11 is 0. The quantitative estimate of drug-likeness (QED) is 0.718. The molecule has 3 N–H and O–H groups in total. The van der Waals surface area contributed by atoms with Crippen molar-refractivity contribution in [3.8, 4) is 0 Å². The Morgan fingerprint density at radius 1 is 1.56 bits per heavy atom. The van der Waals surface area contributed by atoms with Gasteiger partial charge in [0.2, 0.25) is 5.91 Å². The molecule has 5 heteroatoms. The monoisotopic (exact) mass is 222 g/mol. The molecule has 1 aromatic rings. The number of aromatic nitrogens is 2. The molecule has 0 unspecified atom stereocenters. The van der Waals surface area contributed by atoms with Gasteiger partial charge in [-0.3, -0.25) is 9.89 Å². The third kappa shape index (κ3) is 2.09. The molecule has 1 aliphatic rings. The third-order valence-corrected chi connectivity index (χ3v) is 3.47. The van der Waals surface area contributed by atoms with Crippen molar-refractivity contribution in [1.82, 2.24) is 15.5 Å². The maximum absolute atomic E-state index is 12.2. The molecule has 0 atom stereocenters. The zero-order valence-electron chi connectivity index (χ0n) is 9.55. The Morgan fingerprint density at radius 3 is 2.88 bits per heavy atom. The summed E-state index contributed by atoms with van der Waals surface area (Å²) in [5, 5.41) is 12.8. The molecule has 1 fully saturated rings. The van der Waals surface area contributed by atoms with E-state index in [1.165, 1.54) is 0 Å². The van der Waals surface area contributed by atoms with E-state index in [1.807, 2.05) is 0 Å². The van der Waals surface area contributed by atoms with Crippen LogP contribution in [0.15, 0.2) is 12.3 Å². The summed E-state index contributed by atoms with van der Waals surface area (Å²) in [5.41, 5.74) is -0.212. The zero-order valence-corrected chi connectivity index (χ0v) is 9.55. The van der Waals surface area contributed by atoms with Crippen LogP contribution >= 0.6 is 0 Å². The summed E-state index contributed by atoms with van der Waals surface area (Å²) in [7, 11) is 0. The van der Waals surface area contributed by atoms with Crippen molar-refractivity contribution >= 4 is 11.7 Å². The molecule has 1 saturated heterocycles. The van der Waals surface area contributed by atoms with E-state index in [4.69, 9.17) is 0 Å². The van der Waals surface area contributed by atoms with E-state index in [1.54, 1.807) is 12.3 Å². The van der Waals surface area contributed by atoms with Gasteiger partial charge in [0.05, 0.1) is 11.6 Å². The molecule has 0 aromatic carbocycles. The van der Waals surface area contributed by atoms with Crippen molar-refractivity contribution in [2.24, 2.45) is 5.41 Å². The first-order valence-electron chi connectivity index (χ1n) is 5.78. The Kier molecular flexibility index (Phi) is 3.24. The Balaban J connectivity index is 2.06. The molecule has 1 aliphatic heterocycles. The minimum Gasteiger partial charge on any atom is -0.317 e. The summed E-state index contributed by atoms with van der Waals surface area (Å²) in [6.07, 6.45) is 4.33. The Labute approximate surface area is 95.0 Å². The number of anilines is 1. The second kappa shape index (κ2) is 4.65. The van der Waals surface area contributed by atoms with Crippen LogP contribution in [0.3, 0.4) is 0 Å². The molecule has 0 saturated carbocycles. The van der Waals surface area contributed by atoms with Crippen LogP contribution in [0.1, 0.15) is 26.2 Å². The van der Waals surface area contributed by atoms with Crippen LogP contribution in [0.4, 0.5) is 5.82 Å². The lowest BCUT2D eigenvalue weighted by Crippen LogP contribution is -2.44. The number of piperidine rings is 1. The van der Waals surface area contributed by atoms with Crippen LogP contribution in [-0.2, 0) is 4.79 Å². The number of hydrogen-bond acceptors (Lipinski definition) is 3. The van der Waals surface area contributed by atoms with Crippen molar-refractivity contribution in [3.63, 3.8) is 0 Å². The standard InChI is InChI=1S/C11H18N4O/c1-2-11(4-7-12-8-5-11)10(16)14-9-3-6-13-15-9/h3,6,12H,2,4-5,7-8H2,1H3,(H2,13,14,15,16). The van der Waals surface area contributed by atoms with Gasteiger partial charge in [-0.05, 0) is 32.4 Å². The molecule has 0 radical (unpaired) electrons. The molecule has 0 bridgehead atoms. The van der Waals surface area contributed by atoms with Crippen molar-refractivity contribution < 1.29 is 4.79 Å². The highest BCUT2D eigenvalue weighted by Gasteiger charge is 2.37. The van der Waals surface area contributed by atoms with Crippen molar-refractivity contribution in [1.29, 1.82) is 0 Å². The summed E-state index contributed by atoms with van der Waals surface area (Å²) in [4.78, 5) is 12.2. The third-order valence-electron chi connectivity index (χ3n) is 3.47. The number of rotatable bonds is 3. The fourth-order valence-electron chi connectivity index (χ4n) is 2.23. The van der Waals surface area contributed by atoms with E-state index in [0.29, 0.717) is 5.82 Å². The summed E-state index contributed by atoms with van der Waals surface area (Å²) in [6.45, 7) is 3.92. The lowest BCUT2D eigenvalue weighted by atomic mass is 9.76. The highest BCUT2D eigenvalue weighted by Crippen LogP contribution is 2.33. The van der Waals surface area contributed by atoms with Gasteiger partial charge in [-0.1, -0.05) is 6.92 Å². The number of nitrogens with one attached hydrogen (secondary N) is 3. The molecule has 0 aliphatic carbocycles. The van der Waals surface area contributed by atoms with E-state index in [-0.39, 0.29) is 11.3 Å². The predicted octanol–water partition coefficient (Wildman–Crippen LogP) is 1.13. The van der Waals surface area contributed by atoms with Crippen molar-refractivity contribution in [2.75, 3.05) is 18.4 Å². The second-order valence-corrected chi connectivity index (χ2v) is 4.31. The molecule has 0 spiro atoms. The van der Waals surface area contributed by atoms with Gasteiger partial charge in [0.1, 0.15) is 5.82 Å². The first kappa shape index (κ1) is 11.1. The number of carbonyl (C=O) groups excluding carboxylic acids is 1. The Morgan fingerprint density at radius 2 is 2.31 bits per heavy atom. The van der Waals surface area contributed by atoms with E-state index in [2.05, 4.69) is 27.8 Å². The topological polar surface area (TPSA) is 69.8 Å². The van der Waals surface area contributed by atoms with E-state index in [0.717, 1.165) is 32.4 Å². The fraction of sp³-hybridized carbons (Fsp3) is 0.636. The zero-order chi connectivity index (χ0) is 11.4. The molecule has 88 valence electrons. The number of nitrogens with zero attached hydrogens (tertiary/aromatic N) is 1. The molecule has 2 heterocycles. The Bertz CT molecular complexity index is 341. The van der Waals surface area contributed by atoms with E-state index in [9.17, 15) is 4.79 Å². The largest absolute Gasteiger partial charge is 0.317 e. The normalized spacial score (nSPS) is 19.3. The SMILES string of the molecule is CCC1(C(=O)Nc2ccn[nH]2)CCNCC1. The summed E-state index contributed by atoms with van der Waals surface area (Å²) in [5.74, 6) is 0.789. The van der Waals surface area contributed by atoms with Gasteiger partial charge in [0, 0.05) is 6.07 Å². The van der Waals surface area contributed by atoms with Crippen LogP contribution in [0.2, 0.25) is 0 Å². The van der Waals surface area contributed by atoms with Crippen molar-refractivity contribution in [2.45, 2.75) is 26.2 Å². The Hall–Kier alpha value is -1.36. The first-order chi connectivity index (χ1) is 7.77. The predicted molar refractivity (Wildman–Crippen MR) is 62.0 cm³/mol. The maximum atomic E-state index is 12.2. The van der Waals surface area contributed by atoms with Crippen LogP contribution in [0, 0.1) is 5.41 Å². The number of H-pyrrole nitrogens is 1. The molecule has 1 aromatic heterocycles. The average Bonchev–Trinajstić information content (AvgIpc) is 2.82. The van der Waals surface area contributed by atoms with Gasteiger partial charge < -0.3 is 10.6 Å². The molecule has 1 amide bonds. The minimum atomic E-state index is -0.212. The van der Waals surface area contributed by atoms with E-state index >= 15 is 0 Å². The number of carbonyl (C=O) groups is 1. The maximum Gasteiger partial charge on any atom is 0.231 e. The highest BCUT2D eigenvalue weighted by molar-refractivity contribution is 5.94. The fourth-order valence-corrected chi connectivity index (χ4v) is 2.23. The van der Waals surface area contributed by atoms with Crippen molar-refractivity contribution in [3.05, 3.63) is 12.3 Å². The van der Waals surface area contributed by atoms with Gasteiger partial charge in [-0.25, -0.2) is 0 Å². The van der Waals surface area contributed by atoms with Gasteiger partial charge >= 0.3 is 0 Å².